The van der Waals surface area contributed by atoms with Gasteiger partial charge in [-0.3, -0.25) is 19.3 Å². The van der Waals surface area contributed by atoms with Gasteiger partial charge in [0.1, 0.15) is 6.04 Å². The lowest BCUT2D eigenvalue weighted by Crippen LogP contribution is -2.61. The smallest absolute Gasteiger partial charge is 0.251 e. The summed E-state index contributed by atoms with van der Waals surface area (Å²) in [5, 5.41) is 21.1. The summed E-state index contributed by atoms with van der Waals surface area (Å²) in [6.07, 6.45) is 4.96. The van der Waals surface area contributed by atoms with E-state index in [4.69, 9.17) is 0 Å². The first kappa shape index (κ1) is 34.6. The number of carbonyl (C=O) groups excluding carboxylic acids is 3. The number of carbonyl (C=O) groups is 3. The lowest BCUT2D eigenvalue weighted by Gasteiger charge is -2.47. The molecule has 8 heteroatoms. The second kappa shape index (κ2) is 14.9. The number of hydrogen-bond acceptors (Lipinski definition) is 5. The van der Waals surface area contributed by atoms with Crippen LogP contribution in [0.15, 0.2) is 60.7 Å². The van der Waals surface area contributed by atoms with Crippen molar-refractivity contribution in [1.29, 1.82) is 0 Å². The van der Waals surface area contributed by atoms with Gasteiger partial charge >= 0.3 is 0 Å². The highest BCUT2D eigenvalue weighted by molar-refractivity contribution is 5.97. The van der Waals surface area contributed by atoms with E-state index < -0.39 is 23.6 Å². The summed E-state index contributed by atoms with van der Waals surface area (Å²) in [6, 6.07) is 16.9. The molecule has 2 fully saturated rings. The molecule has 2 aromatic carbocycles. The van der Waals surface area contributed by atoms with E-state index in [1.165, 1.54) is 12.8 Å². The van der Waals surface area contributed by atoms with Crippen LogP contribution in [0.2, 0.25) is 0 Å². The van der Waals surface area contributed by atoms with Gasteiger partial charge in [0.05, 0.1) is 18.2 Å². The first-order chi connectivity index (χ1) is 21.2. The normalized spacial score (nSPS) is 22.8. The Balaban J connectivity index is 1.56. The van der Waals surface area contributed by atoms with Gasteiger partial charge in [0.25, 0.3) is 5.91 Å². The van der Waals surface area contributed by atoms with Crippen LogP contribution < -0.4 is 16.0 Å². The van der Waals surface area contributed by atoms with Crippen molar-refractivity contribution >= 4 is 17.7 Å². The second-order valence-corrected chi connectivity index (χ2v) is 15.3. The number of likely N-dealkylation sites (tertiary alicyclic amines) is 1. The molecule has 1 saturated carbocycles. The molecule has 1 aliphatic carbocycles. The zero-order chi connectivity index (χ0) is 32.8. The van der Waals surface area contributed by atoms with E-state index in [9.17, 15) is 19.5 Å². The lowest BCUT2D eigenvalue weighted by atomic mass is 9.72. The van der Waals surface area contributed by atoms with Crippen molar-refractivity contribution in [3.8, 4) is 0 Å². The minimum absolute atomic E-state index is 0.00112. The molecule has 8 nitrogen and oxygen atoms in total. The molecule has 1 heterocycles. The average molecular weight is 619 g/mol. The number of aliphatic hydroxyl groups excluding tert-OH is 1. The maximum absolute atomic E-state index is 14.0. The van der Waals surface area contributed by atoms with Gasteiger partial charge in [-0.05, 0) is 75.0 Å². The second-order valence-electron chi connectivity index (χ2n) is 15.3. The highest BCUT2D eigenvalue weighted by Crippen LogP contribution is 2.39. The summed E-state index contributed by atoms with van der Waals surface area (Å²) < 4.78 is 0. The molecule has 2 aliphatic rings. The maximum Gasteiger partial charge on any atom is 0.251 e. The van der Waals surface area contributed by atoms with Gasteiger partial charge in [-0.1, -0.05) is 88.6 Å². The van der Waals surface area contributed by atoms with Gasteiger partial charge in [-0.2, -0.15) is 0 Å². The van der Waals surface area contributed by atoms with Gasteiger partial charge in [-0.15, -0.1) is 0 Å². The van der Waals surface area contributed by atoms with Crippen LogP contribution in [0.4, 0.5) is 0 Å². The van der Waals surface area contributed by atoms with Gasteiger partial charge < -0.3 is 21.1 Å². The first-order valence-corrected chi connectivity index (χ1v) is 16.7. The highest BCUT2D eigenvalue weighted by Gasteiger charge is 2.42. The number of rotatable bonds is 10. The van der Waals surface area contributed by atoms with Crippen LogP contribution in [0.1, 0.15) is 89.6 Å². The van der Waals surface area contributed by atoms with E-state index in [0.717, 1.165) is 31.4 Å². The van der Waals surface area contributed by atoms with Crippen molar-refractivity contribution in [2.45, 2.75) is 110 Å². The Labute approximate surface area is 269 Å². The number of hydrogen-bond donors (Lipinski definition) is 4. The van der Waals surface area contributed by atoms with Crippen molar-refractivity contribution < 1.29 is 19.5 Å². The van der Waals surface area contributed by atoms with Crippen LogP contribution in [-0.4, -0.2) is 70.6 Å². The van der Waals surface area contributed by atoms with E-state index in [1.54, 1.807) is 24.3 Å². The summed E-state index contributed by atoms with van der Waals surface area (Å²) in [4.78, 5) is 42.8. The molecule has 1 saturated heterocycles. The topological polar surface area (TPSA) is 111 Å². The molecule has 0 unspecified atom stereocenters. The molecule has 0 bridgehead atoms. The summed E-state index contributed by atoms with van der Waals surface area (Å²) in [5.41, 5.74) is 0.512. The SMILES string of the molecule is CC(C)(C)NC(=O)[C@@H]1C[C@@H]2CCCC[C@@H]2CN1C[C@@H](O)[C@H](Cc1ccccc1)NC(=O)[C@@H](NC(=O)c1ccccc1)C(C)(C)C. The van der Waals surface area contributed by atoms with E-state index in [2.05, 4.69) is 20.9 Å². The van der Waals surface area contributed by atoms with Crippen LogP contribution in [0, 0.1) is 17.3 Å². The Morgan fingerprint density at radius 1 is 0.867 bits per heavy atom. The Morgan fingerprint density at radius 2 is 1.47 bits per heavy atom. The zero-order valence-corrected chi connectivity index (χ0v) is 28.0. The van der Waals surface area contributed by atoms with Crippen molar-refractivity contribution in [2.75, 3.05) is 13.1 Å². The van der Waals surface area contributed by atoms with Crippen LogP contribution in [0.5, 0.6) is 0 Å². The van der Waals surface area contributed by atoms with E-state index in [0.29, 0.717) is 23.8 Å². The van der Waals surface area contributed by atoms with Gasteiger partial charge in [0.2, 0.25) is 11.8 Å². The van der Waals surface area contributed by atoms with Gasteiger partial charge in [0.15, 0.2) is 0 Å². The minimum Gasteiger partial charge on any atom is -0.390 e. The van der Waals surface area contributed by atoms with E-state index in [1.807, 2.05) is 77.9 Å². The molecule has 3 amide bonds. The highest BCUT2D eigenvalue weighted by atomic mass is 16.3. The molecular formula is C37H54N4O4. The first-order valence-electron chi connectivity index (χ1n) is 16.7. The van der Waals surface area contributed by atoms with Crippen molar-refractivity contribution in [3.05, 3.63) is 71.8 Å². The molecule has 0 aromatic heterocycles. The number of amides is 3. The van der Waals surface area contributed by atoms with Crippen LogP contribution in [0.25, 0.3) is 0 Å². The largest absolute Gasteiger partial charge is 0.390 e. The van der Waals surface area contributed by atoms with E-state index in [-0.39, 0.29) is 35.8 Å². The number of nitrogens with one attached hydrogen (secondary N) is 3. The summed E-state index contributed by atoms with van der Waals surface area (Å²) in [7, 11) is 0. The zero-order valence-electron chi connectivity index (χ0n) is 28.0. The van der Waals surface area contributed by atoms with Crippen molar-refractivity contribution in [1.82, 2.24) is 20.9 Å². The predicted molar refractivity (Wildman–Crippen MR) is 179 cm³/mol. The third kappa shape index (κ3) is 9.88. The number of fused-ring (bicyclic) bond motifs is 1. The van der Waals surface area contributed by atoms with Crippen LogP contribution >= 0.6 is 0 Å². The fraction of sp³-hybridized carbons (Fsp3) is 0.595. The number of β-amino-alcohol motifs (C(OH)–C–C–N with tert-alkyl or cyclic N) is 1. The molecule has 4 rings (SSSR count). The molecule has 2 aromatic rings. The summed E-state index contributed by atoms with van der Waals surface area (Å²) in [6.45, 7) is 12.7. The standard InChI is InChI=1S/C37H54N4O4/c1-36(2,3)32(39-33(43)26-17-11-8-12-18-26)35(45)38-29(21-25-15-9-7-10-16-25)31(42)24-41-23-28-20-14-13-19-27(28)22-30(41)34(44)40-37(4,5)6/h7-12,15-18,27-32,42H,13-14,19-24H2,1-6H3,(H,38,45)(H,39,43)(H,40,44)/t27-,28+,29-,30-,31+,32+/m0/s1. The van der Waals surface area contributed by atoms with Crippen LogP contribution in [-0.2, 0) is 16.0 Å². The summed E-state index contributed by atoms with van der Waals surface area (Å²) >= 11 is 0. The molecule has 4 N–H and O–H groups in total. The molecule has 0 spiro atoms. The van der Waals surface area contributed by atoms with Crippen LogP contribution in [0.3, 0.4) is 0 Å². The van der Waals surface area contributed by atoms with Gasteiger partial charge in [0, 0.05) is 24.2 Å². The van der Waals surface area contributed by atoms with Crippen molar-refractivity contribution in [2.24, 2.45) is 17.3 Å². The maximum atomic E-state index is 14.0. The molecule has 1 aliphatic heterocycles. The third-order valence-electron chi connectivity index (χ3n) is 9.25. The predicted octanol–water partition coefficient (Wildman–Crippen LogP) is 4.71. The third-order valence-corrected chi connectivity index (χ3v) is 9.25. The van der Waals surface area contributed by atoms with Gasteiger partial charge in [-0.25, -0.2) is 0 Å². The molecule has 246 valence electrons. The molecule has 45 heavy (non-hydrogen) atoms. The lowest BCUT2D eigenvalue weighted by molar-refractivity contribution is -0.133. The summed E-state index contributed by atoms with van der Waals surface area (Å²) in [5.74, 6) is 0.348. The number of nitrogens with zero attached hydrogens (tertiary/aromatic N) is 1. The number of aliphatic hydroxyl groups is 1. The Morgan fingerprint density at radius 3 is 2.07 bits per heavy atom. The fourth-order valence-corrected chi connectivity index (χ4v) is 6.89. The quantitative estimate of drug-likeness (QED) is 0.308. The number of benzene rings is 2. The van der Waals surface area contributed by atoms with E-state index >= 15 is 0 Å². The Kier molecular flexibility index (Phi) is 11.5. The molecule has 6 atom stereocenters. The monoisotopic (exact) mass is 618 g/mol. The van der Waals surface area contributed by atoms with Crippen molar-refractivity contribution in [3.63, 3.8) is 0 Å². The fourth-order valence-electron chi connectivity index (χ4n) is 6.89. The minimum atomic E-state index is -0.940. The number of piperidine rings is 1. The molecular weight excluding hydrogens is 564 g/mol. The average Bonchev–Trinajstić information content (AvgIpc) is 2.98. The Hall–Kier alpha value is -3.23. The molecule has 0 radical (unpaired) electrons. The Bertz CT molecular complexity index is 1270.